The molecule has 1 saturated carbocycles. The van der Waals surface area contributed by atoms with Crippen LogP contribution in [0.2, 0.25) is 0 Å². The van der Waals surface area contributed by atoms with Crippen LogP contribution in [0.25, 0.3) is 0 Å². The van der Waals surface area contributed by atoms with Crippen molar-refractivity contribution in [1.82, 2.24) is 4.90 Å². The van der Waals surface area contributed by atoms with E-state index >= 15 is 0 Å². The second-order valence-electron chi connectivity index (χ2n) is 5.13. The minimum Gasteiger partial charge on any atom is -0.396 e. The first kappa shape index (κ1) is 14.4. The summed E-state index contributed by atoms with van der Waals surface area (Å²) >= 11 is 0. The van der Waals surface area contributed by atoms with Crippen LogP contribution in [0.3, 0.4) is 0 Å². The quantitative estimate of drug-likeness (QED) is 0.589. The molecule has 0 heterocycles. The fourth-order valence-electron chi connectivity index (χ4n) is 2.24. The van der Waals surface area contributed by atoms with Crippen LogP contribution in [0, 0.1) is 5.41 Å². The predicted octanol–water partition coefficient (Wildman–Crippen LogP) is 0.849. The molecule has 0 amide bonds. The third-order valence-electron chi connectivity index (χ3n) is 3.18. The first-order valence-electron chi connectivity index (χ1n) is 5.95. The summed E-state index contributed by atoms with van der Waals surface area (Å²) in [6.45, 7) is -0.0658. The lowest BCUT2D eigenvalue weighted by Gasteiger charge is -2.34. The van der Waals surface area contributed by atoms with E-state index in [1.807, 2.05) is 0 Å². The average molecular weight is 262 g/mol. The van der Waals surface area contributed by atoms with Crippen LogP contribution >= 0.6 is 0 Å². The molecule has 0 aromatic carbocycles. The van der Waals surface area contributed by atoms with Gasteiger partial charge in [-0.05, 0) is 12.8 Å². The number of aliphatic hydroxyl groups is 1. The molecule has 0 bridgehead atoms. The number of rotatable bonds is 5. The molecule has 1 rings (SSSR count). The van der Waals surface area contributed by atoms with Crippen molar-refractivity contribution in [2.75, 3.05) is 26.5 Å². The summed E-state index contributed by atoms with van der Waals surface area (Å²) in [4.78, 5) is 1.59. The topological polar surface area (TPSA) is 70.0 Å². The number of hydrogen-bond acceptors (Lipinski definition) is 3. The van der Waals surface area contributed by atoms with E-state index in [9.17, 15) is 13.5 Å². The summed E-state index contributed by atoms with van der Waals surface area (Å²) in [5.74, 6) is -0.0408. The van der Waals surface area contributed by atoms with E-state index in [4.69, 9.17) is 0 Å². The Morgan fingerprint density at radius 2 is 1.88 bits per heavy atom. The Balaban J connectivity index is 2.73. The van der Waals surface area contributed by atoms with E-state index in [0.717, 1.165) is 32.1 Å². The first-order valence-corrected chi connectivity index (χ1v) is 7.56. The summed E-state index contributed by atoms with van der Waals surface area (Å²) in [7, 11) is -0.0317. The number of hydrogen-bond donors (Lipinski definition) is 1. The Hall–Kier alpha value is -0.620. The molecule has 0 spiro atoms. The van der Waals surface area contributed by atoms with Crippen molar-refractivity contribution < 1.29 is 13.5 Å². The Morgan fingerprint density at radius 3 is 2.35 bits per heavy atom. The lowest BCUT2D eigenvalue weighted by atomic mass is 9.76. The number of sulfonamides is 1. The molecular formula is C11H22N2O3S. The second kappa shape index (κ2) is 5.82. The zero-order valence-electron chi connectivity index (χ0n) is 10.6. The molecule has 1 aliphatic rings. The van der Waals surface area contributed by atoms with Crippen LogP contribution in [0.5, 0.6) is 0 Å². The lowest BCUT2D eigenvalue weighted by Crippen LogP contribution is -2.35. The van der Waals surface area contributed by atoms with E-state index in [0.29, 0.717) is 0 Å². The van der Waals surface area contributed by atoms with E-state index in [1.165, 1.54) is 6.34 Å². The highest BCUT2D eigenvalue weighted by Crippen LogP contribution is 2.37. The van der Waals surface area contributed by atoms with E-state index in [2.05, 4.69) is 4.40 Å². The molecule has 100 valence electrons. The highest BCUT2D eigenvalue weighted by Gasteiger charge is 2.36. The minimum absolute atomic E-state index is 0.0408. The fraction of sp³-hybridized carbons (Fsp3) is 0.909. The molecule has 1 aliphatic carbocycles. The maximum Gasteiger partial charge on any atom is 0.255 e. The molecule has 1 fully saturated rings. The summed E-state index contributed by atoms with van der Waals surface area (Å²) in [5.41, 5.74) is -0.471. The van der Waals surface area contributed by atoms with Gasteiger partial charge in [0.25, 0.3) is 10.0 Å². The van der Waals surface area contributed by atoms with Crippen LogP contribution in [0.15, 0.2) is 4.40 Å². The fourth-order valence-corrected chi connectivity index (χ4v) is 3.80. The van der Waals surface area contributed by atoms with Crippen LogP contribution < -0.4 is 0 Å². The van der Waals surface area contributed by atoms with Crippen molar-refractivity contribution in [2.24, 2.45) is 9.81 Å². The first-order chi connectivity index (χ1) is 7.89. The molecule has 0 radical (unpaired) electrons. The molecule has 1 N–H and O–H groups in total. The van der Waals surface area contributed by atoms with Gasteiger partial charge in [0.15, 0.2) is 0 Å². The van der Waals surface area contributed by atoms with Crippen molar-refractivity contribution in [3.8, 4) is 0 Å². The Kier molecular flexibility index (Phi) is 4.94. The van der Waals surface area contributed by atoms with Gasteiger partial charge in [0.05, 0.1) is 5.75 Å². The van der Waals surface area contributed by atoms with Crippen molar-refractivity contribution in [1.29, 1.82) is 0 Å². The van der Waals surface area contributed by atoms with Gasteiger partial charge in [-0.1, -0.05) is 19.3 Å². The highest BCUT2D eigenvalue weighted by atomic mass is 32.2. The van der Waals surface area contributed by atoms with Gasteiger partial charge in [-0.15, -0.1) is 0 Å². The third-order valence-corrected chi connectivity index (χ3v) is 4.57. The zero-order chi connectivity index (χ0) is 12.9. The smallest absolute Gasteiger partial charge is 0.255 e. The maximum atomic E-state index is 11.8. The van der Waals surface area contributed by atoms with Crippen molar-refractivity contribution in [3.05, 3.63) is 0 Å². The molecule has 0 saturated heterocycles. The largest absolute Gasteiger partial charge is 0.396 e. The Morgan fingerprint density at radius 1 is 1.29 bits per heavy atom. The minimum atomic E-state index is -3.48. The molecule has 6 heteroatoms. The lowest BCUT2D eigenvalue weighted by molar-refractivity contribution is 0.103. The van der Waals surface area contributed by atoms with Crippen molar-refractivity contribution in [3.63, 3.8) is 0 Å². The SMILES string of the molecule is CN(C)/C=N/S(=O)(=O)CC1(CO)CCCCC1. The summed E-state index contributed by atoms with van der Waals surface area (Å²) in [6, 6.07) is 0. The van der Waals surface area contributed by atoms with Crippen LogP contribution in [0.4, 0.5) is 0 Å². The van der Waals surface area contributed by atoms with Gasteiger partial charge < -0.3 is 10.0 Å². The molecule has 17 heavy (non-hydrogen) atoms. The third kappa shape index (κ3) is 4.63. The number of nitrogens with zero attached hydrogens (tertiary/aromatic N) is 2. The molecule has 0 aliphatic heterocycles. The summed E-state index contributed by atoms with van der Waals surface area (Å²) < 4.78 is 27.3. The van der Waals surface area contributed by atoms with Gasteiger partial charge in [-0.3, -0.25) is 0 Å². The Labute approximate surface area is 104 Å². The second-order valence-corrected chi connectivity index (χ2v) is 6.79. The summed E-state index contributed by atoms with van der Waals surface area (Å²) in [6.07, 6.45) is 5.97. The van der Waals surface area contributed by atoms with Gasteiger partial charge in [-0.2, -0.15) is 4.40 Å². The normalized spacial score (nSPS) is 20.6. The Bertz CT molecular complexity index is 357. The predicted molar refractivity (Wildman–Crippen MR) is 68.6 cm³/mol. The van der Waals surface area contributed by atoms with Gasteiger partial charge in [0.1, 0.15) is 6.34 Å². The molecule has 0 aromatic rings. The highest BCUT2D eigenvalue weighted by molar-refractivity contribution is 7.90. The molecule has 0 atom stereocenters. The van der Waals surface area contributed by atoms with Crippen molar-refractivity contribution >= 4 is 16.4 Å². The molecular weight excluding hydrogens is 240 g/mol. The monoisotopic (exact) mass is 262 g/mol. The van der Waals surface area contributed by atoms with Gasteiger partial charge in [0, 0.05) is 26.1 Å². The van der Waals surface area contributed by atoms with E-state index < -0.39 is 15.4 Å². The van der Waals surface area contributed by atoms with Crippen LogP contribution in [0.1, 0.15) is 32.1 Å². The maximum absolute atomic E-state index is 11.8. The van der Waals surface area contributed by atoms with Crippen LogP contribution in [-0.4, -0.2) is 51.2 Å². The van der Waals surface area contributed by atoms with Crippen molar-refractivity contribution in [2.45, 2.75) is 32.1 Å². The molecule has 0 unspecified atom stereocenters. The van der Waals surface area contributed by atoms with Gasteiger partial charge in [0.2, 0.25) is 0 Å². The molecule has 5 nitrogen and oxygen atoms in total. The molecule has 0 aromatic heterocycles. The standard InChI is InChI=1S/C11H22N2O3S/c1-13(2)10-12-17(15,16)9-11(8-14)6-4-3-5-7-11/h10,14H,3-9H2,1-2H3/b12-10+. The van der Waals surface area contributed by atoms with Gasteiger partial charge >= 0.3 is 0 Å². The van der Waals surface area contributed by atoms with Crippen LogP contribution in [-0.2, 0) is 10.0 Å². The zero-order valence-corrected chi connectivity index (χ0v) is 11.4. The average Bonchev–Trinajstić information content (AvgIpc) is 2.27. The van der Waals surface area contributed by atoms with E-state index in [1.54, 1.807) is 19.0 Å². The van der Waals surface area contributed by atoms with E-state index in [-0.39, 0.29) is 12.4 Å². The number of aliphatic hydroxyl groups excluding tert-OH is 1. The van der Waals surface area contributed by atoms with Gasteiger partial charge in [-0.25, -0.2) is 8.42 Å². The summed E-state index contributed by atoms with van der Waals surface area (Å²) in [5, 5.41) is 9.46.